The zero-order valence-corrected chi connectivity index (χ0v) is 20.0. The summed E-state index contributed by atoms with van der Waals surface area (Å²) < 4.78 is 0. The zero-order chi connectivity index (χ0) is 23.3. The summed E-state index contributed by atoms with van der Waals surface area (Å²) in [7, 11) is 0. The second-order valence-electron chi connectivity index (χ2n) is 8.82. The van der Waals surface area contributed by atoms with Crippen LogP contribution in [0.2, 0.25) is 0 Å². The van der Waals surface area contributed by atoms with Gasteiger partial charge in [-0.3, -0.25) is 0 Å². The lowest BCUT2D eigenvalue weighted by molar-refractivity contribution is 0.485. The van der Waals surface area contributed by atoms with Crippen molar-refractivity contribution in [2.45, 2.75) is 80.3 Å². The van der Waals surface area contributed by atoms with E-state index in [1.165, 1.54) is 33.4 Å². The van der Waals surface area contributed by atoms with Crippen LogP contribution in [-0.4, -0.2) is 12.2 Å². The first-order valence-electron chi connectivity index (χ1n) is 10.1. The second kappa shape index (κ2) is 9.80. The van der Waals surface area contributed by atoms with Gasteiger partial charge in [-0.1, -0.05) is 24.3 Å². The number of nitrogens with zero attached hydrogens (tertiary/aromatic N) is 2. The van der Waals surface area contributed by atoms with Gasteiger partial charge in [0.15, 0.2) is 0 Å². The van der Waals surface area contributed by atoms with E-state index in [4.69, 9.17) is 0 Å². The molecule has 0 heterocycles. The number of hydrogen-bond donors (Lipinski definition) is 0. The predicted octanol–water partition coefficient (Wildman–Crippen LogP) is 6.37. The Morgan fingerprint density at radius 3 is 1.00 bits per heavy atom. The molecule has 0 aliphatic carbocycles. The van der Waals surface area contributed by atoms with Crippen molar-refractivity contribution in [2.75, 3.05) is 0 Å². The molecule has 4 heteroatoms. The van der Waals surface area contributed by atoms with Crippen LogP contribution in [0.5, 0.6) is 0 Å². The average Bonchev–Trinajstić information content (AvgIpc) is 2.70. The minimum atomic E-state index is -0.700. The van der Waals surface area contributed by atoms with Crippen molar-refractivity contribution in [3.05, 3.63) is 68.8 Å². The number of rotatable bonds is 4. The Balaban J connectivity index is 0.000000325. The molecule has 0 unspecified atom stereocenters. The van der Waals surface area contributed by atoms with Gasteiger partial charge in [0.2, 0.25) is 12.2 Å². The van der Waals surface area contributed by atoms with E-state index in [0.29, 0.717) is 0 Å². The van der Waals surface area contributed by atoms with E-state index in [9.17, 15) is 9.59 Å². The number of aliphatic imine (C=N–C) groups is 2. The van der Waals surface area contributed by atoms with Crippen LogP contribution in [0.3, 0.4) is 0 Å². The number of isocyanates is 2. The molecule has 0 saturated carbocycles. The van der Waals surface area contributed by atoms with Gasteiger partial charge in [-0.2, -0.15) is 9.98 Å². The third-order valence-electron chi connectivity index (χ3n) is 6.27. The Bertz CT molecular complexity index is 866. The summed E-state index contributed by atoms with van der Waals surface area (Å²) in [6.45, 7) is 20.5. The SMILES string of the molecule is CC(C)(N=C=O)c1ccccc1C(C)(C)N=C=O.Cc1c(C)c(C)c(C)c(C)c1C. The van der Waals surface area contributed by atoms with Crippen LogP contribution in [0.15, 0.2) is 34.3 Å². The predicted molar refractivity (Wildman–Crippen MR) is 124 cm³/mol. The van der Waals surface area contributed by atoms with Crippen LogP contribution in [-0.2, 0) is 20.7 Å². The van der Waals surface area contributed by atoms with Crippen LogP contribution in [0.1, 0.15) is 72.2 Å². The molecular formula is C26H34N2O2. The molecule has 0 bridgehead atoms. The van der Waals surface area contributed by atoms with E-state index in [2.05, 4.69) is 51.5 Å². The van der Waals surface area contributed by atoms with E-state index >= 15 is 0 Å². The maximum Gasteiger partial charge on any atom is 0.235 e. The van der Waals surface area contributed by atoms with E-state index < -0.39 is 11.1 Å². The summed E-state index contributed by atoms with van der Waals surface area (Å²) in [4.78, 5) is 28.6. The normalized spacial score (nSPS) is 11.0. The summed E-state index contributed by atoms with van der Waals surface area (Å²) in [5.74, 6) is 0. The van der Waals surface area contributed by atoms with Crippen molar-refractivity contribution in [1.29, 1.82) is 0 Å². The van der Waals surface area contributed by atoms with Crippen LogP contribution in [0.25, 0.3) is 0 Å². The van der Waals surface area contributed by atoms with Crippen molar-refractivity contribution >= 4 is 12.2 Å². The van der Waals surface area contributed by atoms with Crippen LogP contribution in [0.4, 0.5) is 0 Å². The van der Waals surface area contributed by atoms with Crippen molar-refractivity contribution in [2.24, 2.45) is 9.98 Å². The molecule has 0 spiro atoms. The largest absolute Gasteiger partial charge is 0.235 e. The third-order valence-corrected chi connectivity index (χ3v) is 6.27. The van der Waals surface area contributed by atoms with Gasteiger partial charge >= 0.3 is 0 Å². The molecule has 0 saturated heterocycles. The first-order chi connectivity index (χ1) is 13.8. The lowest BCUT2D eigenvalue weighted by Gasteiger charge is -2.28. The molecule has 0 atom stereocenters. The maximum atomic E-state index is 10.5. The standard InChI is InChI=1S/C14H16N2O2.C12H18/c1-13(2,15-9-17)11-7-5-6-8-12(11)14(3,4)16-10-18;1-7-8(2)10(4)12(6)11(5)9(7)3/h5-8H,1-4H3;1-6H3. The monoisotopic (exact) mass is 406 g/mol. The van der Waals surface area contributed by atoms with Crippen molar-refractivity contribution in [1.82, 2.24) is 0 Å². The van der Waals surface area contributed by atoms with E-state index in [1.807, 2.05) is 52.0 Å². The fourth-order valence-electron chi connectivity index (χ4n) is 3.59. The van der Waals surface area contributed by atoms with E-state index in [-0.39, 0.29) is 0 Å². The van der Waals surface area contributed by atoms with Gasteiger partial charge in [0.05, 0.1) is 11.1 Å². The van der Waals surface area contributed by atoms with Gasteiger partial charge in [-0.25, -0.2) is 9.59 Å². The highest BCUT2D eigenvalue weighted by Crippen LogP contribution is 2.35. The fraction of sp³-hybridized carbons (Fsp3) is 0.462. The lowest BCUT2D eigenvalue weighted by Crippen LogP contribution is -2.23. The molecule has 0 aromatic heterocycles. The van der Waals surface area contributed by atoms with Crippen molar-refractivity contribution < 1.29 is 9.59 Å². The van der Waals surface area contributed by atoms with Crippen molar-refractivity contribution in [3.63, 3.8) is 0 Å². The second-order valence-corrected chi connectivity index (χ2v) is 8.82. The van der Waals surface area contributed by atoms with Gasteiger partial charge in [0.25, 0.3) is 0 Å². The van der Waals surface area contributed by atoms with Gasteiger partial charge in [-0.15, -0.1) is 0 Å². The van der Waals surface area contributed by atoms with Crippen molar-refractivity contribution in [3.8, 4) is 0 Å². The number of hydrogen-bond acceptors (Lipinski definition) is 4. The molecule has 30 heavy (non-hydrogen) atoms. The molecule has 160 valence electrons. The number of benzene rings is 2. The Morgan fingerprint density at radius 1 is 0.567 bits per heavy atom. The molecule has 0 N–H and O–H groups in total. The highest BCUT2D eigenvalue weighted by Gasteiger charge is 2.30. The first kappa shape index (κ1) is 25.2. The zero-order valence-electron chi connectivity index (χ0n) is 20.0. The lowest BCUT2D eigenvalue weighted by atomic mass is 9.82. The van der Waals surface area contributed by atoms with Gasteiger partial charge in [-0.05, 0) is 114 Å². The molecule has 0 fully saturated rings. The molecular weight excluding hydrogens is 372 g/mol. The summed E-state index contributed by atoms with van der Waals surface area (Å²) >= 11 is 0. The van der Waals surface area contributed by atoms with Gasteiger partial charge < -0.3 is 0 Å². The van der Waals surface area contributed by atoms with E-state index in [0.717, 1.165) is 11.1 Å². The quantitative estimate of drug-likeness (QED) is 0.438. The summed E-state index contributed by atoms with van der Waals surface area (Å²) in [5, 5.41) is 0. The summed E-state index contributed by atoms with van der Waals surface area (Å²) in [6.07, 6.45) is 3.17. The summed E-state index contributed by atoms with van der Waals surface area (Å²) in [5.41, 5.74) is 9.01. The smallest absolute Gasteiger partial charge is 0.211 e. The third kappa shape index (κ3) is 5.42. The molecule has 0 amide bonds. The number of carbonyl (C=O) groups excluding carboxylic acids is 2. The molecule has 0 aliphatic heterocycles. The average molecular weight is 407 g/mol. The van der Waals surface area contributed by atoms with Crippen LogP contribution >= 0.6 is 0 Å². The minimum Gasteiger partial charge on any atom is -0.211 e. The molecule has 2 aromatic rings. The topological polar surface area (TPSA) is 58.9 Å². The Labute approximate surface area is 181 Å². The first-order valence-corrected chi connectivity index (χ1v) is 10.1. The Morgan fingerprint density at radius 2 is 0.800 bits per heavy atom. The maximum absolute atomic E-state index is 10.5. The van der Waals surface area contributed by atoms with Crippen LogP contribution in [0, 0.1) is 41.5 Å². The van der Waals surface area contributed by atoms with Crippen LogP contribution < -0.4 is 0 Å². The molecule has 2 aromatic carbocycles. The van der Waals surface area contributed by atoms with Gasteiger partial charge in [0, 0.05) is 0 Å². The minimum absolute atomic E-state index is 0.700. The molecule has 2 rings (SSSR count). The molecule has 0 radical (unpaired) electrons. The Kier molecular flexibility index (Phi) is 8.25. The molecule has 0 aliphatic rings. The fourth-order valence-corrected chi connectivity index (χ4v) is 3.59. The van der Waals surface area contributed by atoms with Gasteiger partial charge in [0.1, 0.15) is 0 Å². The highest BCUT2D eigenvalue weighted by molar-refractivity contribution is 5.48. The highest BCUT2D eigenvalue weighted by atomic mass is 16.1. The summed E-state index contributed by atoms with van der Waals surface area (Å²) in [6, 6.07) is 7.47. The Hall–Kier alpha value is -2.80. The van der Waals surface area contributed by atoms with E-state index in [1.54, 1.807) is 12.2 Å². The molecule has 4 nitrogen and oxygen atoms in total.